The summed E-state index contributed by atoms with van der Waals surface area (Å²) in [6, 6.07) is 12.0. The minimum atomic E-state index is -1.19. The van der Waals surface area contributed by atoms with Gasteiger partial charge in [0.1, 0.15) is 5.54 Å². The van der Waals surface area contributed by atoms with Crippen LogP contribution in [-0.4, -0.2) is 29.2 Å². The molecule has 1 atom stereocenters. The molecular weight excluding hydrogens is 396 g/mol. The molecule has 1 unspecified atom stereocenters. The molecule has 0 spiro atoms. The second-order valence-electron chi connectivity index (χ2n) is 6.68. The zero-order valence-electron chi connectivity index (χ0n) is 14.8. The van der Waals surface area contributed by atoms with E-state index in [0.29, 0.717) is 11.1 Å². The van der Waals surface area contributed by atoms with Gasteiger partial charge in [0.2, 0.25) is 0 Å². The number of amides is 3. The van der Waals surface area contributed by atoms with Crippen molar-refractivity contribution in [1.82, 2.24) is 10.2 Å². The van der Waals surface area contributed by atoms with Gasteiger partial charge in [-0.2, -0.15) is 0 Å². The summed E-state index contributed by atoms with van der Waals surface area (Å²) in [6.07, 6.45) is 0. The van der Waals surface area contributed by atoms with E-state index >= 15 is 0 Å². The second-order valence-corrected chi connectivity index (χ2v) is 7.59. The fourth-order valence-corrected chi connectivity index (χ4v) is 3.38. The maximum Gasteiger partial charge on any atom is 0.325 e. The Balaban J connectivity index is 1.85. The van der Waals surface area contributed by atoms with Gasteiger partial charge in [-0.25, -0.2) is 4.79 Å². The topological polar surface area (TPSA) is 66.5 Å². The van der Waals surface area contributed by atoms with E-state index in [4.69, 9.17) is 0 Å². The van der Waals surface area contributed by atoms with Crippen molar-refractivity contribution in [3.05, 3.63) is 69.2 Å². The monoisotopic (exact) mass is 414 g/mol. The maximum absolute atomic E-state index is 12.9. The van der Waals surface area contributed by atoms with Crippen LogP contribution >= 0.6 is 15.9 Å². The zero-order chi connectivity index (χ0) is 19.1. The smallest absolute Gasteiger partial charge is 0.319 e. The predicted molar refractivity (Wildman–Crippen MR) is 102 cm³/mol. The van der Waals surface area contributed by atoms with E-state index in [1.54, 1.807) is 37.3 Å². The van der Waals surface area contributed by atoms with E-state index in [1.807, 2.05) is 26.0 Å². The van der Waals surface area contributed by atoms with E-state index in [-0.39, 0.29) is 12.3 Å². The van der Waals surface area contributed by atoms with Gasteiger partial charge in [0, 0.05) is 10.0 Å². The lowest BCUT2D eigenvalue weighted by atomic mass is 9.92. The number of carbonyl (C=O) groups is 3. The van der Waals surface area contributed by atoms with Gasteiger partial charge in [0.05, 0.1) is 6.54 Å². The van der Waals surface area contributed by atoms with Gasteiger partial charge in [-0.3, -0.25) is 14.5 Å². The predicted octanol–water partition coefficient (Wildman–Crippen LogP) is 3.72. The van der Waals surface area contributed by atoms with Crippen LogP contribution < -0.4 is 5.32 Å². The van der Waals surface area contributed by atoms with Gasteiger partial charge in [-0.15, -0.1) is 0 Å². The van der Waals surface area contributed by atoms with Crippen LogP contribution in [0.4, 0.5) is 4.79 Å². The van der Waals surface area contributed by atoms with Gasteiger partial charge in [0.25, 0.3) is 5.91 Å². The van der Waals surface area contributed by atoms with Crippen molar-refractivity contribution in [2.75, 3.05) is 6.54 Å². The molecule has 0 aliphatic carbocycles. The Kier molecular flexibility index (Phi) is 4.71. The Morgan fingerprint density at radius 3 is 2.50 bits per heavy atom. The molecule has 1 saturated heterocycles. The number of nitrogens with zero attached hydrogens (tertiary/aromatic N) is 1. The number of aryl methyl sites for hydroxylation is 2. The highest BCUT2D eigenvalue weighted by Crippen LogP contribution is 2.30. The molecule has 2 aromatic rings. The number of rotatable bonds is 4. The average molecular weight is 415 g/mol. The lowest BCUT2D eigenvalue weighted by molar-refractivity contribution is -0.130. The van der Waals surface area contributed by atoms with E-state index in [1.165, 1.54) is 0 Å². The number of Topliss-reactive ketones (excluding diaryl/α,β-unsaturated/α-hetero) is 1. The number of nitrogens with one attached hydrogen (secondary N) is 1. The van der Waals surface area contributed by atoms with Crippen LogP contribution in [0.2, 0.25) is 0 Å². The summed E-state index contributed by atoms with van der Waals surface area (Å²) in [7, 11) is 0. The summed E-state index contributed by atoms with van der Waals surface area (Å²) < 4.78 is 0.808. The molecule has 0 saturated carbocycles. The molecule has 26 heavy (non-hydrogen) atoms. The first-order valence-corrected chi connectivity index (χ1v) is 9.02. The molecule has 0 aromatic heterocycles. The molecule has 1 fully saturated rings. The number of hydrogen-bond acceptors (Lipinski definition) is 3. The van der Waals surface area contributed by atoms with Crippen LogP contribution in [0, 0.1) is 13.8 Å². The summed E-state index contributed by atoms with van der Waals surface area (Å²) >= 11 is 3.38. The third-order valence-corrected chi connectivity index (χ3v) is 5.30. The van der Waals surface area contributed by atoms with E-state index in [0.717, 1.165) is 20.5 Å². The van der Waals surface area contributed by atoms with Gasteiger partial charge in [0.15, 0.2) is 5.78 Å². The van der Waals surface area contributed by atoms with Crippen LogP contribution in [0.5, 0.6) is 0 Å². The van der Waals surface area contributed by atoms with Crippen molar-refractivity contribution in [3.8, 4) is 0 Å². The van der Waals surface area contributed by atoms with Crippen molar-refractivity contribution in [2.24, 2.45) is 0 Å². The van der Waals surface area contributed by atoms with Crippen molar-refractivity contribution in [2.45, 2.75) is 26.3 Å². The van der Waals surface area contributed by atoms with E-state index in [9.17, 15) is 14.4 Å². The standard InChI is InChI=1S/C20H19BrN2O3/c1-12-7-8-14(9-13(12)2)17(24)11-23-18(25)20(3,22-19(23)26)15-5-4-6-16(21)10-15/h4-10H,11H2,1-3H3,(H,22,26). The number of hydrogen-bond donors (Lipinski definition) is 1. The molecule has 3 rings (SSSR count). The van der Waals surface area contributed by atoms with Gasteiger partial charge in [-0.05, 0) is 55.7 Å². The first-order chi connectivity index (χ1) is 12.2. The molecule has 1 heterocycles. The number of carbonyl (C=O) groups excluding carboxylic acids is 3. The number of benzene rings is 2. The fraction of sp³-hybridized carbons (Fsp3) is 0.250. The van der Waals surface area contributed by atoms with E-state index in [2.05, 4.69) is 21.2 Å². The Morgan fingerprint density at radius 2 is 1.85 bits per heavy atom. The number of halogens is 1. The lowest BCUT2D eigenvalue weighted by Crippen LogP contribution is -2.41. The Labute approximate surface area is 160 Å². The molecule has 1 aliphatic rings. The van der Waals surface area contributed by atoms with Crippen LogP contribution in [0.25, 0.3) is 0 Å². The summed E-state index contributed by atoms with van der Waals surface area (Å²) in [5.74, 6) is -0.701. The Bertz CT molecular complexity index is 925. The summed E-state index contributed by atoms with van der Waals surface area (Å²) in [4.78, 5) is 38.8. The Hall–Kier alpha value is -2.47. The molecule has 6 heteroatoms. The number of imide groups is 1. The van der Waals surface area contributed by atoms with Crippen molar-refractivity contribution in [3.63, 3.8) is 0 Å². The zero-order valence-corrected chi connectivity index (χ0v) is 16.4. The minimum absolute atomic E-state index is 0.268. The molecule has 0 radical (unpaired) electrons. The fourth-order valence-electron chi connectivity index (χ4n) is 2.99. The average Bonchev–Trinajstić information content (AvgIpc) is 2.81. The highest BCUT2D eigenvalue weighted by molar-refractivity contribution is 9.10. The SMILES string of the molecule is Cc1ccc(C(=O)CN2C(=O)NC(C)(c3cccc(Br)c3)C2=O)cc1C. The third-order valence-electron chi connectivity index (χ3n) is 4.81. The highest BCUT2D eigenvalue weighted by atomic mass is 79.9. The molecule has 3 amide bonds. The summed E-state index contributed by atoms with van der Waals surface area (Å²) in [6.45, 7) is 5.25. The van der Waals surface area contributed by atoms with Crippen LogP contribution in [0.15, 0.2) is 46.9 Å². The highest BCUT2D eigenvalue weighted by Gasteiger charge is 2.49. The van der Waals surface area contributed by atoms with Crippen molar-refractivity contribution < 1.29 is 14.4 Å². The normalized spacial score (nSPS) is 19.6. The van der Waals surface area contributed by atoms with Crippen LogP contribution in [-0.2, 0) is 10.3 Å². The minimum Gasteiger partial charge on any atom is -0.319 e. The first kappa shape index (κ1) is 18.3. The molecule has 134 valence electrons. The van der Waals surface area contributed by atoms with Crippen LogP contribution in [0.3, 0.4) is 0 Å². The maximum atomic E-state index is 12.9. The Morgan fingerprint density at radius 1 is 1.12 bits per heavy atom. The molecule has 1 N–H and O–H groups in total. The van der Waals surface area contributed by atoms with Gasteiger partial charge < -0.3 is 5.32 Å². The lowest BCUT2D eigenvalue weighted by Gasteiger charge is -2.22. The second kappa shape index (κ2) is 6.68. The third kappa shape index (κ3) is 3.17. The largest absolute Gasteiger partial charge is 0.325 e. The number of urea groups is 1. The molecule has 2 aromatic carbocycles. The van der Waals surface area contributed by atoms with Crippen LogP contribution in [0.1, 0.15) is 34.0 Å². The molecule has 1 aliphatic heterocycles. The van der Waals surface area contributed by atoms with Crippen molar-refractivity contribution >= 4 is 33.7 Å². The number of ketones is 1. The van der Waals surface area contributed by atoms with Crippen molar-refractivity contribution in [1.29, 1.82) is 0 Å². The summed E-state index contributed by atoms with van der Waals surface area (Å²) in [5, 5.41) is 2.72. The molecule has 0 bridgehead atoms. The quantitative estimate of drug-likeness (QED) is 0.612. The summed E-state index contributed by atoms with van der Waals surface area (Å²) in [5.41, 5.74) is 2.03. The molecular formula is C20H19BrN2O3. The van der Waals surface area contributed by atoms with E-state index < -0.39 is 17.5 Å². The molecule has 5 nitrogen and oxygen atoms in total. The van der Waals surface area contributed by atoms with Gasteiger partial charge in [-0.1, -0.05) is 40.2 Å². The van der Waals surface area contributed by atoms with Gasteiger partial charge >= 0.3 is 6.03 Å². The first-order valence-electron chi connectivity index (χ1n) is 8.23.